The smallest absolute Gasteiger partial charge is 0.161 e. The molecule has 0 radical (unpaired) electrons. The highest BCUT2D eigenvalue weighted by molar-refractivity contribution is 5.44. The topological polar surface area (TPSA) is 41.9 Å². The number of ether oxygens (including phenoxy) is 2. The first-order valence-electron chi connectivity index (χ1n) is 7.98. The van der Waals surface area contributed by atoms with Gasteiger partial charge in [0.25, 0.3) is 0 Å². The highest BCUT2D eigenvalue weighted by atomic mass is 16.6. The summed E-state index contributed by atoms with van der Waals surface area (Å²) in [5, 5.41) is 10.4. The average Bonchev–Trinajstić information content (AvgIpc) is 2.99. The number of aliphatic hydroxyl groups is 1. The zero-order chi connectivity index (χ0) is 14.7. The van der Waals surface area contributed by atoms with Gasteiger partial charge in [-0.2, -0.15) is 0 Å². The number of hydrogen-bond donors (Lipinski definition) is 1. The first-order chi connectivity index (χ1) is 10.2. The van der Waals surface area contributed by atoms with E-state index in [0.717, 1.165) is 29.5 Å². The largest absolute Gasteiger partial charge is 0.486 e. The second kappa shape index (κ2) is 6.67. The molecular formula is C17H25NO3. The Balaban J connectivity index is 1.57. The van der Waals surface area contributed by atoms with Crippen molar-refractivity contribution in [3.8, 4) is 11.5 Å². The van der Waals surface area contributed by atoms with Gasteiger partial charge in [0.1, 0.15) is 13.2 Å². The highest BCUT2D eigenvalue weighted by Crippen LogP contribution is 2.33. The monoisotopic (exact) mass is 291 g/mol. The molecule has 1 unspecified atom stereocenters. The van der Waals surface area contributed by atoms with Crippen molar-refractivity contribution in [2.45, 2.75) is 31.8 Å². The Morgan fingerprint density at radius 3 is 2.67 bits per heavy atom. The maximum Gasteiger partial charge on any atom is 0.161 e. The molecule has 0 amide bonds. The molecular weight excluding hydrogens is 266 g/mol. The number of nitrogens with zero attached hydrogens (tertiary/aromatic N) is 1. The summed E-state index contributed by atoms with van der Waals surface area (Å²) in [6.45, 7) is 2.92. The van der Waals surface area contributed by atoms with Gasteiger partial charge in [-0.25, -0.2) is 0 Å². The number of hydrogen-bond acceptors (Lipinski definition) is 4. The van der Waals surface area contributed by atoms with E-state index in [4.69, 9.17) is 9.47 Å². The van der Waals surface area contributed by atoms with E-state index >= 15 is 0 Å². The molecule has 1 aliphatic carbocycles. The van der Waals surface area contributed by atoms with E-state index in [1.807, 2.05) is 18.2 Å². The normalized spacial score (nSPS) is 20.0. The molecule has 3 rings (SSSR count). The van der Waals surface area contributed by atoms with E-state index in [9.17, 15) is 5.11 Å². The molecule has 1 aromatic carbocycles. The Kier molecular flexibility index (Phi) is 4.66. The Morgan fingerprint density at radius 1 is 1.19 bits per heavy atom. The third kappa shape index (κ3) is 3.69. The number of rotatable bonds is 5. The number of fused-ring (bicyclic) bond motifs is 1. The molecule has 21 heavy (non-hydrogen) atoms. The summed E-state index contributed by atoms with van der Waals surface area (Å²) in [5.74, 6) is 2.33. The maximum atomic E-state index is 10.4. The third-order valence-corrected chi connectivity index (χ3v) is 4.48. The van der Waals surface area contributed by atoms with Gasteiger partial charge in [-0.05, 0) is 43.5 Å². The fraction of sp³-hybridized carbons (Fsp3) is 0.647. The molecule has 1 heterocycles. The molecule has 4 nitrogen and oxygen atoms in total. The van der Waals surface area contributed by atoms with Crippen LogP contribution in [0.15, 0.2) is 18.2 Å². The summed E-state index contributed by atoms with van der Waals surface area (Å²) in [6, 6.07) is 5.73. The number of benzene rings is 1. The van der Waals surface area contributed by atoms with Crippen LogP contribution >= 0.6 is 0 Å². The molecule has 1 fully saturated rings. The van der Waals surface area contributed by atoms with Crippen molar-refractivity contribution in [2.24, 2.45) is 5.92 Å². The van der Waals surface area contributed by atoms with Crippen molar-refractivity contribution in [3.05, 3.63) is 23.8 Å². The lowest BCUT2D eigenvalue weighted by Gasteiger charge is -2.25. The molecule has 0 aromatic heterocycles. The van der Waals surface area contributed by atoms with E-state index in [1.165, 1.54) is 25.7 Å². The average molecular weight is 291 g/mol. The van der Waals surface area contributed by atoms with Crippen LogP contribution in [0.1, 0.15) is 37.4 Å². The molecule has 1 atom stereocenters. The van der Waals surface area contributed by atoms with Crippen LogP contribution in [0.25, 0.3) is 0 Å². The quantitative estimate of drug-likeness (QED) is 0.905. The van der Waals surface area contributed by atoms with Crippen molar-refractivity contribution in [1.82, 2.24) is 4.90 Å². The highest BCUT2D eigenvalue weighted by Gasteiger charge is 2.20. The number of aliphatic hydroxyl groups excluding tert-OH is 1. The Morgan fingerprint density at radius 2 is 1.90 bits per heavy atom. The lowest BCUT2D eigenvalue weighted by Crippen LogP contribution is -2.29. The van der Waals surface area contributed by atoms with E-state index in [0.29, 0.717) is 19.8 Å². The summed E-state index contributed by atoms with van der Waals surface area (Å²) in [5.41, 5.74) is 0.900. The van der Waals surface area contributed by atoms with Crippen molar-refractivity contribution in [3.63, 3.8) is 0 Å². The summed E-state index contributed by atoms with van der Waals surface area (Å²) < 4.78 is 11.1. The predicted octanol–water partition coefficient (Wildman–Crippen LogP) is 2.61. The second-order valence-electron chi connectivity index (χ2n) is 6.29. The minimum atomic E-state index is -0.479. The molecule has 2 aliphatic rings. The van der Waals surface area contributed by atoms with Crippen molar-refractivity contribution in [1.29, 1.82) is 0 Å². The van der Waals surface area contributed by atoms with Gasteiger partial charge in [0.2, 0.25) is 0 Å². The molecule has 4 heteroatoms. The molecule has 1 saturated carbocycles. The first kappa shape index (κ1) is 14.7. The molecule has 1 aliphatic heterocycles. The third-order valence-electron chi connectivity index (χ3n) is 4.48. The van der Waals surface area contributed by atoms with Gasteiger partial charge < -0.3 is 19.5 Å². The molecule has 116 valence electrons. The van der Waals surface area contributed by atoms with Crippen LogP contribution < -0.4 is 9.47 Å². The van der Waals surface area contributed by atoms with Gasteiger partial charge in [-0.15, -0.1) is 0 Å². The van der Waals surface area contributed by atoms with Gasteiger partial charge in [0.05, 0.1) is 6.10 Å². The SMILES string of the molecule is CN(CC1CCCC1)CC(O)c1ccc2c(c1)OCCO2. The second-order valence-corrected chi connectivity index (χ2v) is 6.29. The van der Waals surface area contributed by atoms with Gasteiger partial charge >= 0.3 is 0 Å². The zero-order valence-corrected chi connectivity index (χ0v) is 12.8. The molecule has 1 N–H and O–H groups in total. The summed E-state index contributed by atoms with van der Waals surface area (Å²) in [7, 11) is 2.10. The minimum Gasteiger partial charge on any atom is -0.486 e. The maximum absolute atomic E-state index is 10.4. The Hall–Kier alpha value is -1.26. The fourth-order valence-corrected chi connectivity index (χ4v) is 3.38. The molecule has 0 bridgehead atoms. The van der Waals surface area contributed by atoms with Gasteiger partial charge in [0.15, 0.2) is 11.5 Å². The lowest BCUT2D eigenvalue weighted by atomic mass is 10.1. The van der Waals surface area contributed by atoms with Crippen LogP contribution in [-0.2, 0) is 0 Å². The number of likely N-dealkylation sites (N-methyl/N-ethyl adjacent to an activating group) is 1. The van der Waals surface area contributed by atoms with E-state index < -0.39 is 6.10 Å². The summed E-state index contributed by atoms with van der Waals surface area (Å²) >= 11 is 0. The summed E-state index contributed by atoms with van der Waals surface area (Å²) in [6.07, 6.45) is 4.92. The predicted molar refractivity (Wildman–Crippen MR) is 81.8 cm³/mol. The van der Waals surface area contributed by atoms with Crippen LogP contribution in [0.4, 0.5) is 0 Å². The molecule has 0 spiro atoms. The van der Waals surface area contributed by atoms with E-state index in [1.54, 1.807) is 0 Å². The van der Waals surface area contributed by atoms with Gasteiger partial charge in [-0.3, -0.25) is 0 Å². The van der Waals surface area contributed by atoms with E-state index in [-0.39, 0.29) is 0 Å². The molecule has 1 aromatic rings. The van der Waals surface area contributed by atoms with Crippen molar-refractivity contribution < 1.29 is 14.6 Å². The van der Waals surface area contributed by atoms with E-state index in [2.05, 4.69) is 11.9 Å². The van der Waals surface area contributed by atoms with Gasteiger partial charge in [0, 0.05) is 13.1 Å². The fourth-order valence-electron chi connectivity index (χ4n) is 3.38. The van der Waals surface area contributed by atoms with Crippen molar-refractivity contribution >= 4 is 0 Å². The Labute approximate surface area is 126 Å². The van der Waals surface area contributed by atoms with Crippen LogP contribution in [-0.4, -0.2) is 43.4 Å². The zero-order valence-electron chi connectivity index (χ0n) is 12.8. The van der Waals surface area contributed by atoms with Crippen molar-refractivity contribution in [2.75, 3.05) is 33.4 Å². The van der Waals surface area contributed by atoms with Gasteiger partial charge in [-0.1, -0.05) is 18.9 Å². The first-order valence-corrected chi connectivity index (χ1v) is 7.98. The lowest BCUT2D eigenvalue weighted by molar-refractivity contribution is 0.117. The van der Waals surface area contributed by atoms with Crippen LogP contribution in [0.5, 0.6) is 11.5 Å². The minimum absolute atomic E-state index is 0.479. The van der Waals surface area contributed by atoms with Crippen LogP contribution in [0.3, 0.4) is 0 Å². The molecule has 0 saturated heterocycles. The van der Waals surface area contributed by atoms with Crippen LogP contribution in [0, 0.1) is 5.92 Å². The summed E-state index contributed by atoms with van der Waals surface area (Å²) in [4.78, 5) is 2.25. The Bertz CT molecular complexity index is 471. The van der Waals surface area contributed by atoms with Crippen LogP contribution in [0.2, 0.25) is 0 Å². The standard InChI is InChI=1S/C17H25NO3/c1-18(11-13-4-2-3-5-13)12-15(19)14-6-7-16-17(10-14)21-9-8-20-16/h6-7,10,13,15,19H,2-5,8-9,11-12H2,1H3.